The van der Waals surface area contributed by atoms with Crippen molar-refractivity contribution >= 4 is 22.9 Å². The lowest BCUT2D eigenvalue weighted by molar-refractivity contribution is 0.514. The van der Waals surface area contributed by atoms with Crippen LogP contribution in [0.5, 0.6) is 0 Å². The Morgan fingerprint density at radius 3 is 2.53 bits per heavy atom. The maximum Gasteiger partial charge on any atom is 0.0322 e. The molecule has 86 valence electrons. The molecule has 3 heteroatoms. The summed E-state index contributed by atoms with van der Waals surface area (Å²) >= 11 is 7.84. The Hall–Kier alpha value is -0.0500. The molecule has 1 rings (SSSR count). The van der Waals surface area contributed by atoms with Crippen LogP contribution in [0, 0.1) is 0 Å². The minimum absolute atomic E-state index is 0.252. The molecule has 1 aromatic heterocycles. The highest BCUT2D eigenvalue weighted by Crippen LogP contribution is 2.17. The molecule has 0 fully saturated rings. The fraction of sp³-hybridized carbons (Fsp3) is 0.667. The van der Waals surface area contributed by atoms with Crippen LogP contribution in [-0.2, 0) is 13.0 Å². The summed E-state index contributed by atoms with van der Waals surface area (Å²) in [5.74, 6) is 0. The van der Waals surface area contributed by atoms with E-state index >= 15 is 0 Å². The van der Waals surface area contributed by atoms with Gasteiger partial charge in [-0.2, -0.15) is 0 Å². The van der Waals surface area contributed by atoms with Crippen molar-refractivity contribution in [1.82, 2.24) is 5.32 Å². The molecule has 1 N–H and O–H groups in total. The Morgan fingerprint density at radius 1 is 1.33 bits per heavy atom. The molecule has 0 bridgehead atoms. The second kappa shape index (κ2) is 6.51. The van der Waals surface area contributed by atoms with Gasteiger partial charge >= 0.3 is 0 Å². The van der Waals surface area contributed by atoms with Gasteiger partial charge in [-0.3, -0.25) is 0 Å². The maximum atomic E-state index is 5.94. The van der Waals surface area contributed by atoms with E-state index in [0.717, 1.165) is 19.4 Å². The Kier molecular flexibility index (Phi) is 5.65. The first kappa shape index (κ1) is 13.0. The smallest absolute Gasteiger partial charge is 0.0322 e. The van der Waals surface area contributed by atoms with E-state index in [1.54, 1.807) is 0 Å². The van der Waals surface area contributed by atoms with Gasteiger partial charge in [0.1, 0.15) is 0 Å². The van der Waals surface area contributed by atoms with Crippen LogP contribution >= 0.6 is 22.9 Å². The average Bonchev–Trinajstić information content (AvgIpc) is 2.61. The molecular formula is C12H20ClNS. The highest BCUT2D eigenvalue weighted by atomic mass is 35.5. The topological polar surface area (TPSA) is 12.0 Å². The predicted octanol–water partition coefficient (Wildman–Crippen LogP) is 3.81. The molecular weight excluding hydrogens is 226 g/mol. The molecule has 0 radical (unpaired) electrons. The van der Waals surface area contributed by atoms with Crippen LogP contribution in [0.3, 0.4) is 0 Å². The fourth-order valence-electron chi connectivity index (χ4n) is 1.55. The molecule has 0 saturated heterocycles. The summed E-state index contributed by atoms with van der Waals surface area (Å²) in [6.45, 7) is 7.39. The SMILES string of the molecule is CCc1ccc(CNC(C)CC(C)Cl)s1. The van der Waals surface area contributed by atoms with Crippen LogP contribution in [0.25, 0.3) is 0 Å². The van der Waals surface area contributed by atoms with Gasteiger partial charge in [0.25, 0.3) is 0 Å². The number of aryl methyl sites for hydroxylation is 1. The number of alkyl halides is 1. The third kappa shape index (κ3) is 5.01. The van der Waals surface area contributed by atoms with Gasteiger partial charge in [0.15, 0.2) is 0 Å². The summed E-state index contributed by atoms with van der Waals surface area (Å²) in [6.07, 6.45) is 2.16. The summed E-state index contributed by atoms with van der Waals surface area (Å²) in [5, 5.41) is 3.75. The molecule has 1 aromatic rings. The molecule has 0 aliphatic carbocycles. The molecule has 0 aliphatic rings. The van der Waals surface area contributed by atoms with Crippen LogP contribution < -0.4 is 5.32 Å². The number of nitrogens with one attached hydrogen (secondary N) is 1. The molecule has 15 heavy (non-hydrogen) atoms. The van der Waals surface area contributed by atoms with Crippen molar-refractivity contribution in [3.8, 4) is 0 Å². The van der Waals surface area contributed by atoms with E-state index in [1.165, 1.54) is 9.75 Å². The lowest BCUT2D eigenvalue weighted by atomic mass is 10.2. The van der Waals surface area contributed by atoms with Crippen molar-refractivity contribution < 1.29 is 0 Å². The minimum atomic E-state index is 0.252. The van der Waals surface area contributed by atoms with Gasteiger partial charge in [0.05, 0.1) is 0 Å². The van der Waals surface area contributed by atoms with Crippen LogP contribution in [0.4, 0.5) is 0 Å². The fourth-order valence-corrected chi connectivity index (χ4v) is 2.73. The molecule has 2 atom stereocenters. The zero-order valence-electron chi connectivity index (χ0n) is 9.72. The van der Waals surface area contributed by atoms with Crippen molar-refractivity contribution in [1.29, 1.82) is 0 Å². The predicted molar refractivity (Wildman–Crippen MR) is 69.9 cm³/mol. The molecule has 1 heterocycles. The zero-order chi connectivity index (χ0) is 11.3. The van der Waals surface area contributed by atoms with Gasteiger partial charge in [0.2, 0.25) is 0 Å². The van der Waals surface area contributed by atoms with Gasteiger partial charge in [0, 0.05) is 27.7 Å². The number of thiophene rings is 1. The Labute approximate surface area is 102 Å². The number of hydrogen-bond acceptors (Lipinski definition) is 2. The second-order valence-electron chi connectivity index (χ2n) is 4.02. The molecule has 0 aliphatic heterocycles. The Balaban J connectivity index is 2.30. The molecule has 2 unspecified atom stereocenters. The monoisotopic (exact) mass is 245 g/mol. The first-order valence-corrected chi connectivity index (χ1v) is 6.82. The summed E-state index contributed by atoms with van der Waals surface area (Å²) in [6, 6.07) is 4.92. The van der Waals surface area contributed by atoms with Gasteiger partial charge < -0.3 is 5.32 Å². The zero-order valence-corrected chi connectivity index (χ0v) is 11.3. The standard InChI is InChI=1S/C12H20ClNS/c1-4-11-5-6-12(15-11)8-14-10(3)7-9(2)13/h5-6,9-10,14H,4,7-8H2,1-3H3. The van der Waals surface area contributed by atoms with E-state index in [1.807, 2.05) is 18.3 Å². The van der Waals surface area contributed by atoms with Crippen molar-refractivity contribution in [3.05, 3.63) is 21.9 Å². The van der Waals surface area contributed by atoms with E-state index in [4.69, 9.17) is 11.6 Å². The maximum absolute atomic E-state index is 5.94. The van der Waals surface area contributed by atoms with Crippen molar-refractivity contribution in [3.63, 3.8) is 0 Å². The second-order valence-corrected chi connectivity index (χ2v) is 6.02. The van der Waals surface area contributed by atoms with Crippen LogP contribution in [0.1, 0.15) is 36.9 Å². The quantitative estimate of drug-likeness (QED) is 0.752. The largest absolute Gasteiger partial charge is 0.309 e. The average molecular weight is 246 g/mol. The first-order chi connectivity index (χ1) is 7.11. The molecule has 0 saturated carbocycles. The highest BCUT2D eigenvalue weighted by molar-refractivity contribution is 7.11. The summed E-state index contributed by atoms with van der Waals surface area (Å²) in [4.78, 5) is 2.88. The molecule has 0 amide bonds. The molecule has 0 spiro atoms. The number of halogens is 1. The van der Waals surface area contributed by atoms with Gasteiger partial charge in [-0.15, -0.1) is 22.9 Å². The van der Waals surface area contributed by atoms with E-state index in [0.29, 0.717) is 6.04 Å². The number of rotatable bonds is 6. The van der Waals surface area contributed by atoms with Gasteiger partial charge in [-0.1, -0.05) is 6.92 Å². The highest BCUT2D eigenvalue weighted by Gasteiger charge is 2.06. The van der Waals surface area contributed by atoms with Crippen LogP contribution in [0.15, 0.2) is 12.1 Å². The Bertz CT molecular complexity index is 283. The van der Waals surface area contributed by atoms with Gasteiger partial charge in [-0.05, 0) is 38.8 Å². The Morgan fingerprint density at radius 2 is 2.00 bits per heavy atom. The van der Waals surface area contributed by atoms with E-state index < -0.39 is 0 Å². The number of hydrogen-bond donors (Lipinski definition) is 1. The van der Waals surface area contributed by atoms with E-state index in [9.17, 15) is 0 Å². The summed E-state index contributed by atoms with van der Waals surface area (Å²) < 4.78 is 0. The summed E-state index contributed by atoms with van der Waals surface area (Å²) in [5.41, 5.74) is 0. The minimum Gasteiger partial charge on any atom is -0.309 e. The molecule has 1 nitrogen and oxygen atoms in total. The van der Waals surface area contributed by atoms with Gasteiger partial charge in [-0.25, -0.2) is 0 Å². The van der Waals surface area contributed by atoms with E-state index in [-0.39, 0.29) is 5.38 Å². The lowest BCUT2D eigenvalue weighted by Crippen LogP contribution is -2.27. The van der Waals surface area contributed by atoms with Crippen molar-refractivity contribution in [2.45, 2.75) is 51.6 Å². The van der Waals surface area contributed by atoms with Crippen molar-refractivity contribution in [2.75, 3.05) is 0 Å². The van der Waals surface area contributed by atoms with E-state index in [2.05, 4.69) is 31.3 Å². The summed E-state index contributed by atoms with van der Waals surface area (Å²) in [7, 11) is 0. The third-order valence-electron chi connectivity index (χ3n) is 2.37. The third-order valence-corrected chi connectivity index (χ3v) is 3.78. The van der Waals surface area contributed by atoms with Crippen LogP contribution in [0.2, 0.25) is 0 Å². The normalized spacial score (nSPS) is 15.2. The molecule has 0 aromatic carbocycles. The van der Waals surface area contributed by atoms with Crippen molar-refractivity contribution in [2.24, 2.45) is 0 Å². The van der Waals surface area contributed by atoms with Crippen LogP contribution in [-0.4, -0.2) is 11.4 Å². The lowest BCUT2D eigenvalue weighted by Gasteiger charge is -2.13. The first-order valence-electron chi connectivity index (χ1n) is 5.56.